The minimum Gasteiger partial charge on any atom is -0.306 e. The van der Waals surface area contributed by atoms with Gasteiger partial charge in [-0.25, -0.2) is 9.97 Å². The summed E-state index contributed by atoms with van der Waals surface area (Å²) < 4.78 is 5.50. The van der Waals surface area contributed by atoms with Gasteiger partial charge in [0.05, 0.1) is 25.2 Å². The van der Waals surface area contributed by atoms with Gasteiger partial charge in [-0.15, -0.1) is 22.7 Å². The van der Waals surface area contributed by atoms with Gasteiger partial charge in [0.25, 0.3) is 0 Å². The molecule has 0 aliphatic carbocycles. The van der Waals surface area contributed by atoms with Gasteiger partial charge in [0.15, 0.2) is 0 Å². The number of fused-ring (bicyclic) bond motifs is 3. The first kappa shape index (κ1) is 16.0. The molecule has 0 amide bonds. The predicted molar refractivity (Wildman–Crippen MR) is 118 cm³/mol. The van der Waals surface area contributed by atoms with E-state index >= 15 is 0 Å². The quantitative estimate of drug-likeness (QED) is 0.346. The highest BCUT2D eigenvalue weighted by molar-refractivity contribution is 7.41. The molecule has 6 heterocycles. The van der Waals surface area contributed by atoms with E-state index in [2.05, 4.69) is 35.0 Å². The lowest BCUT2D eigenvalue weighted by molar-refractivity contribution is 1.19. The number of hydrogen-bond donors (Lipinski definition) is 0. The highest BCUT2D eigenvalue weighted by Crippen LogP contribution is 2.47. The van der Waals surface area contributed by atoms with Crippen molar-refractivity contribution in [1.82, 2.24) is 18.8 Å². The van der Waals surface area contributed by atoms with Crippen molar-refractivity contribution in [3.05, 3.63) is 72.3 Å². The van der Waals surface area contributed by atoms with E-state index < -0.39 is 0 Å². The first-order valence-corrected chi connectivity index (χ1v) is 10.7. The minimum atomic E-state index is 0.982. The van der Waals surface area contributed by atoms with Gasteiger partial charge in [0.2, 0.25) is 0 Å². The zero-order valence-electron chi connectivity index (χ0n) is 15.4. The molecule has 0 saturated carbocycles. The van der Waals surface area contributed by atoms with Gasteiger partial charge >= 0.3 is 0 Å². The first-order valence-electron chi connectivity index (χ1n) is 9.10. The highest BCUT2D eigenvalue weighted by atomic mass is 32.2. The van der Waals surface area contributed by atoms with Gasteiger partial charge in [-0.3, -0.25) is 0 Å². The van der Waals surface area contributed by atoms with Crippen LogP contribution < -0.4 is 0 Å². The van der Waals surface area contributed by atoms with Gasteiger partial charge < -0.3 is 8.80 Å². The van der Waals surface area contributed by atoms with Crippen LogP contribution in [-0.2, 0) is 0 Å². The van der Waals surface area contributed by atoms with Crippen LogP contribution in [0.3, 0.4) is 0 Å². The Hall–Kier alpha value is -2.96. The molecule has 6 aromatic heterocycles. The van der Waals surface area contributed by atoms with Crippen molar-refractivity contribution in [2.45, 2.75) is 13.8 Å². The van der Waals surface area contributed by atoms with Crippen LogP contribution >= 0.6 is 22.7 Å². The van der Waals surface area contributed by atoms with Crippen molar-refractivity contribution in [3.63, 3.8) is 0 Å². The second-order valence-corrected chi connectivity index (χ2v) is 9.26. The van der Waals surface area contributed by atoms with Crippen LogP contribution in [0.2, 0.25) is 0 Å². The van der Waals surface area contributed by atoms with E-state index in [0.717, 1.165) is 22.7 Å². The van der Waals surface area contributed by atoms with Crippen LogP contribution in [0.4, 0.5) is 0 Å². The second-order valence-electron chi connectivity index (χ2n) is 6.96. The third kappa shape index (κ3) is 2.22. The minimum absolute atomic E-state index is 0.982. The van der Waals surface area contributed by atoms with Crippen molar-refractivity contribution in [2.75, 3.05) is 0 Å². The Morgan fingerprint density at radius 1 is 0.714 bits per heavy atom. The predicted octanol–water partition coefficient (Wildman–Crippen LogP) is 6.21. The molecular formula is C22H16N4S2. The molecule has 6 rings (SSSR count). The second kappa shape index (κ2) is 5.77. The van der Waals surface area contributed by atoms with Crippen molar-refractivity contribution in [1.29, 1.82) is 0 Å². The molecule has 0 aromatic carbocycles. The number of aryl methyl sites for hydroxylation is 2. The Kier molecular flexibility index (Phi) is 3.30. The van der Waals surface area contributed by atoms with Crippen LogP contribution in [-0.4, -0.2) is 18.8 Å². The van der Waals surface area contributed by atoms with Crippen molar-refractivity contribution >= 4 is 43.4 Å². The Labute approximate surface area is 169 Å². The Morgan fingerprint density at radius 2 is 1.21 bits per heavy atom. The van der Waals surface area contributed by atoms with Crippen molar-refractivity contribution in [2.24, 2.45) is 0 Å². The highest BCUT2D eigenvalue weighted by Gasteiger charge is 2.21. The van der Waals surface area contributed by atoms with Crippen LogP contribution in [0.25, 0.3) is 41.8 Å². The van der Waals surface area contributed by atoms with Crippen LogP contribution in [0.5, 0.6) is 0 Å². The molecule has 0 aliphatic rings. The summed E-state index contributed by atoms with van der Waals surface area (Å²) in [6.07, 6.45) is 8.33. The Bertz CT molecular complexity index is 1320. The first-order chi connectivity index (χ1) is 13.7. The number of hydrogen-bond acceptors (Lipinski definition) is 4. The molecule has 136 valence electrons. The lowest BCUT2D eigenvalue weighted by Crippen LogP contribution is -1.79. The normalized spacial score (nSPS) is 11.9. The largest absolute Gasteiger partial charge is 0.306 e. The van der Waals surface area contributed by atoms with Gasteiger partial charge in [-0.2, -0.15) is 0 Å². The summed E-state index contributed by atoms with van der Waals surface area (Å²) in [5.41, 5.74) is 6.68. The smallest absolute Gasteiger partial charge is 0.137 e. The van der Waals surface area contributed by atoms with Crippen molar-refractivity contribution < 1.29 is 0 Å². The number of nitrogens with zero attached hydrogens (tertiary/aromatic N) is 4. The van der Waals surface area contributed by atoms with Crippen LogP contribution in [0, 0.1) is 13.8 Å². The number of thiophene rings is 2. The molecule has 6 aromatic rings. The van der Waals surface area contributed by atoms with Crippen LogP contribution in [0.15, 0.2) is 61.2 Å². The number of imidazole rings is 2. The number of rotatable bonds is 2. The maximum absolute atomic E-state index is 4.82. The molecular weight excluding hydrogens is 384 g/mol. The average molecular weight is 401 g/mol. The van der Waals surface area contributed by atoms with Gasteiger partial charge in [0, 0.05) is 30.2 Å². The van der Waals surface area contributed by atoms with E-state index in [9.17, 15) is 0 Å². The topological polar surface area (TPSA) is 34.6 Å². The standard InChI is InChI=1S/C22H16N4S2/c1-13-19-14(2)21(16-12-26-10-6-4-8-18(26)24-16)28-22(19)27-20(13)15-11-25-9-5-3-7-17(25)23-15/h3-12H,1-2H3. The molecule has 0 bridgehead atoms. The average Bonchev–Trinajstić information content (AvgIpc) is 3.44. The lowest BCUT2D eigenvalue weighted by Gasteiger charge is -1.98. The summed E-state index contributed by atoms with van der Waals surface area (Å²) in [6.45, 7) is 4.43. The molecule has 0 aliphatic heterocycles. The fraction of sp³-hybridized carbons (Fsp3) is 0.0909. The SMILES string of the molecule is Cc1c(-c2cn3ccccc3n2)sc2sc(-c3cn4ccccc4n3)c(C)c12. The number of pyridine rings is 2. The zero-order valence-corrected chi connectivity index (χ0v) is 17.0. The molecule has 0 N–H and O–H groups in total. The molecule has 0 unspecified atom stereocenters. The van der Waals surface area contributed by atoms with Crippen LogP contribution in [0.1, 0.15) is 11.1 Å². The third-order valence-electron chi connectivity index (χ3n) is 5.22. The molecule has 0 radical (unpaired) electrons. The van der Waals surface area contributed by atoms with Crippen molar-refractivity contribution in [3.8, 4) is 21.1 Å². The fourth-order valence-electron chi connectivity index (χ4n) is 3.85. The number of aromatic nitrogens is 4. The molecule has 28 heavy (non-hydrogen) atoms. The molecule has 6 heteroatoms. The van der Waals surface area contributed by atoms with Gasteiger partial charge in [0.1, 0.15) is 11.3 Å². The summed E-state index contributed by atoms with van der Waals surface area (Å²) in [7, 11) is 0. The van der Waals surface area contributed by atoms with E-state index in [0.29, 0.717) is 0 Å². The van der Waals surface area contributed by atoms with Gasteiger partial charge in [-0.1, -0.05) is 12.1 Å². The maximum atomic E-state index is 4.82. The zero-order chi connectivity index (χ0) is 18.8. The monoisotopic (exact) mass is 400 g/mol. The molecule has 0 atom stereocenters. The lowest BCUT2D eigenvalue weighted by atomic mass is 10.1. The van der Waals surface area contributed by atoms with E-state index in [1.807, 2.05) is 71.5 Å². The summed E-state index contributed by atoms with van der Waals surface area (Å²) in [6, 6.07) is 12.2. The Morgan fingerprint density at radius 3 is 1.64 bits per heavy atom. The summed E-state index contributed by atoms with van der Waals surface area (Å²) in [5, 5.41) is 1.36. The van der Waals surface area contributed by atoms with E-state index in [1.54, 1.807) is 0 Å². The molecule has 0 saturated heterocycles. The summed E-state index contributed by atoms with van der Waals surface area (Å²) in [5.74, 6) is 0. The van der Waals surface area contributed by atoms with E-state index in [-0.39, 0.29) is 0 Å². The third-order valence-corrected chi connectivity index (χ3v) is 7.94. The molecule has 0 spiro atoms. The molecule has 4 nitrogen and oxygen atoms in total. The maximum Gasteiger partial charge on any atom is 0.137 e. The van der Waals surface area contributed by atoms with E-state index in [1.165, 1.54) is 30.3 Å². The summed E-state index contributed by atoms with van der Waals surface area (Å²) >= 11 is 3.67. The van der Waals surface area contributed by atoms with E-state index in [4.69, 9.17) is 9.97 Å². The molecule has 0 fully saturated rings. The fourth-order valence-corrected chi connectivity index (χ4v) is 6.62. The summed E-state index contributed by atoms with van der Waals surface area (Å²) in [4.78, 5) is 12.2. The van der Waals surface area contributed by atoms with Gasteiger partial charge in [-0.05, 0) is 49.2 Å². The Balaban J connectivity index is 1.52.